The molecule has 1 aromatic heterocycles. The highest BCUT2D eigenvalue weighted by Crippen LogP contribution is 2.36. The van der Waals surface area contributed by atoms with Crippen LogP contribution in [-0.4, -0.2) is 34.4 Å². The summed E-state index contributed by atoms with van der Waals surface area (Å²) in [5, 5.41) is 13.9. The summed E-state index contributed by atoms with van der Waals surface area (Å²) in [4.78, 5) is 16.3. The highest BCUT2D eigenvalue weighted by molar-refractivity contribution is 7.98. The second-order valence-corrected chi connectivity index (χ2v) is 8.99. The summed E-state index contributed by atoms with van der Waals surface area (Å²) >= 11 is 0.903. The molecule has 5 nitrogen and oxygen atoms in total. The first-order valence-corrected chi connectivity index (χ1v) is 11.4. The van der Waals surface area contributed by atoms with Crippen molar-refractivity contribution < 1.29 is 35.5 Å². The topological polar surface area (TPSA) is 77.8 Å². The van der Waals surface area contributed by atoms with Gasteiger partial charge in [0.05, 0.1) is 17.8 Å². The molecule has 2 aromatic rings. The van der Waals surface area contributed by atoms with Gasteiger partial charge in [0, 0.05) is 11.5 Å². The van der Waals surface area contributed by atoms with Gasteiger partial charge in [-0.2, -0.15) is 43.4 Å². The number of nitriles is 1. The minimum Gasteiger partial charge on any atom is -0.336 e. The van der Waals surface area contributed by atoms with Crippen molar-refractivity contribution in [2.24, 2.45) is 0 Å². The van der Waals surface area contributed by atoms with E-state index in [1.807, 2.05) is 6.07 Å². The van der Waals surface area contributed by atoms with Crippen LogP contribution in [-0.2, 0) is 16.7 Å². The zero-order chi connectivity index (χ0) is 25.9. The molecule has 0 saturated heterocycles. The number of nitrogens with one attached hydrogen (secondary N) is 2. The van der Waals surface area contributed by atoms with E-state index in [1.54, 1.807) is 0 Å². The molecule has 0 radical (unpaired) electrons. The average Bonchev–Trinajstić information content (AvgIpc) is 3.55. The Bertz CT molecular complexity index is 1080. The maximum Gasteiger partial charge on any atom is 0.433 e. The number of benzene rings is 1. The molecular formula is C22H19F7N4OS. The Balaban J connectivity index is 1.77. The minimum atomic E-state index is -4.85. The highest BCUT2D eigenvalue weighted by atomic mass is 32.2. The Hall–Kier alpha value is -2.85. The molecule has 1 heterocycles. The van der Waals surface area contributed by atoms with Crippen molar-refractivity contribution in [1.82, 2.24) is 15.6 Å². The van der Waals surface area contributed by atoms with E-state index < -0.39 is 47.4 Å². The zero-order valence-electron chi connectivity index (χ0n) is 17.9. The quantitative estimate of drug-likeness (QED) is 0.460. The fraction of sp³-hybridized carbons (Fsp3) is 0.409. The number of amides is 1. The maximum absolute atomic E-state index is 13.8. The van der Waals surface area contributed by atoms with Crippen molar-refractivity contribution in [1.29, 1.82) is 5.26 Å². The SMILES string of the molecule is N#CC1(NC(=O)[C@H](CSCc2cccc(C(F)(F)F)n2)NC(c2ccc(F)cc2)C(F)(F)F)CC1. The number of thioether (sulfide) groups is 1. The van der Waals surface area contributed by atoms with Gasteiger partial charge >= 0.3 is 12.4 Å². The van der Waals surface area contributed by atoms with Gasteiger partial charge in [0.25, 0.3) is 0 Å². The lowest BCUT2D eigenvalue weighted by Crippen LogP contribution is -2.52. The third-order valence-electron chi connectivity index (χ3n) is 5.17. The molecule has 3 rings (SSSR count). The number of hydrogen-bond donors (Lipinski definition) is 2. The van der Waals surface area contributed by atoms with Crippen LogP contribution in [0.2, 0.25) is 0 Å². The van der Waals surface area contributed by atoms with E-state index in [4.69, 9.17) is 0 Å². The predicted molar refractivity (Wildman–Crippen MR) is 113 cm³/mol. The first kappa shape index (κ1) is 26.7. The number of carbonyl (C=O) groups is 1. The number of halogens is 7. The van der Waals surface area contributed by atoms with Crippen LogP contribution < -0.4 is 10.6 Å². The van der Waals surface area contributed by atoms with Gasteiger partial charge in [0.15, 0.2) is 0 Å². The van der Waals surface area contributed by atoms with Crippen LogP contribution in [0.15, 0.2) is 42.5 Å². The summed E-state index contributed by atoms with van der Waals surface area (Å²) in [6, 6.07) is 4.98. The van der Waals surface area contributed by atoms with Gasteiger partial charge in [0.1, 0.15) is 23.1 Å². The number of rotatable bonds is 9. The lowest BCUT2D eigenvalue weighted by molar-refractivity contribution is -0.160. The van der Waals surface area contributed by atoms with Crippen LogP contribution in [0.5, 0.6) is 0 Å². The molecule has 1 aliphatic carbocycles. The van der Waals surface area contributed by atoms with Gasteiger partial charge in [0.2, 0.25) is 5.91 Å². The van der Waals surface area contributed by atoms with Crippen LogP contribution in [0.4, 0.5) is 30.7 Å². The molecule has 1 saturated carbocycles. The van der Waals surface area contributed by atoms with E-state index in [2.05, 4.69) is 15.6 Å². The second kappa shape index (κ2) is 10.4. The van der Waals surface area contributed by atoms with Crippen LogP contribution in [0, 0.1) is 17.1 Å². The lowest BCUT2D eigenvalue weighted by atomic mass is 10.0. The standard InChI is InChI=1S/C22H19F7N4OS/c23-14-6-4-13(5-7-14)18(22(27,28)29)32-16(19(34)33-20(12-30)8-9-20)11-35-10-15-2-1-3-17(31-15)21(24,25)26/h1-7,16,18,32H,8-11H2,(H,33,34)/t16-,18?/m0/s1. The summed E-state index contributed by atoms with van der Waals surface area (Å²) in [6.07, 6.45) is -8.81. The molecule has 1 fully saturated rings. The number of carbonyl (C=O) groups excluding carboxylic acids is 1. The predicted octanol–water partition coefficient (Wildman–Crippen LogP) is 4.91. The Kier molecular flexibility index (Phi) is 7.96. The third kappa shape index (κ3) is 7.32. The highest BCUT2D eigenvalue weighted by Gasteiger charge is 2.47. The smallest absolute Gasteiger partial charge is 0.336 e. The van der Waals surface area contributed by atoms with E-state index in [0.717, 1.165) is 48.2 Å². The molecule has 2 N–H and O–H groups in total. The summed E-state index contributed by atoms with van der Waals surface area (Å²) in [5.41, 5.74) is -2.55. The molecule has 13 heteroatoms. The fourth-order valence-corrected chi connectivity index (χ4v) is 4.12. The number of nitrogens with zero attached hydrogens (tertiary/aromatic N) is 2. The van der Waals surface area contributed by atoms with Crippen molar-refractivity contribution in [2.45, 2.75) is 48.6 Å². The van der Waals surface area contributed by atoms with E-state index >= 15 is 0 Å². The monoisotopic (exact) mass is 520 g/mol. The zero-order valence-corrected chi connectivity index (χ0v) is 18.7. The van der Waals surface area contributed by atoms with Gasteiger partial charge < -0.3 is 5.32 Å². The molecule has 0 bridgehead atoms. The summed E-state index contributed by atoms with van der Waals surface area (Å²) in [5.74, 6) is -1.96. The lowest BCUT2D eigenvalue weighted by Gasteiger charge is -2.28. The van der Waals surface area contributed by atoms with Crippen molar-refractivity contribution in [2.75, 3.05) is 5.75 Å². The fourth-order valence-electron chi connectivity index (χ4n) is 3.15. The number of pyridine rings is 1. The van der Waals surface area contributed by atoms with Crippen molar-refractivity contribution in [3.63, 3.8) is 0 Å². The summed E-state index contributed by atoms with van der Waals surface area (Å²) < 4.78 is 93.3. The number of hydrogen-bond acceptors (Lipinski definition) is 5. The maximum atomic E-state index is 13.8. The molecule has 1 amide bonds. The Morgan fingerprint density at radius 2 is 1.77 bits per heavy atom. The van der Waals surface area contributed by atoms with E-state index in [-0.39, 0.29) is 22.8 Å². The van der Waals surface area contributed by atoms with Crippen LogP contribution in [0.25, 0.3) is 0 Å². The van der Waals surface area contributed by atoms with Gasteiger partial charge in [-0.1, -0.05) is 18.2 Å². The van der Waals surface area contributed by atoms with E-state index in [9.17, 15) is 40.8 Å². The molecule has 2 atom stereocenters. The Morgan fingerprint density at radius 3 is 2.31 bits per heavy atom. The third-order valence-corrected chi connectivity index (χ3v) is 6.24. The second-order valence-electron chi connectivity index (χ2n) is 7.96. The molecular weight excluding hydrogens is 501 g/mol. The van der Waals surface area contributed by atoms with Crippen molar-refractivity contribution in [3.8, 4) is 6.07 Å². The van der Waals surface area contributed by atoms with Crippen LogP contribution in [0.3, 0.4) is 0 Å². The van der Waals surface area contributed by atoms with Crippen LogP contribution in [0.1, 0.15) is 35.8 Å². The van der Waals surface area contributed by atoms with Crippen LogP contribution >= 0.6 is 11.8 Å². The average molecular weight is 520 g/mol. The first-order valence-electron chi connectivity index (χ1n) is 10.3. The van der Waals surface area contributed by atoms with Crippen molar-refractivity contribution in [3.05, 3.63) is 65.2 Å². The van der Waals surface area contributed by atoms with Crippen molar-refractivity contribution >= 4 is 17.7 Å². The Morgan fingerprint density at radius 1 is 1.11 bits per heavy atom. The summed E-state index contributed by atoms with van der Waals surface area (Å²) in [7, 11) is 0. The molecule has 1 aromatic carbocycles. The molecule has 0 spiro atoms. The molecule has 188 valence electrons. The largest absolute Gasteiger partial charge is 0.433 e. The number of aromatic nitrogens is 1. The summed E-state index contributed by atoms with van der Waals surface area (Å²) in [6.45, 7) is 0. The Labute approximate surface area is 200 Å². The van der Waals surface area contributed by atoms with Gasteiger partial charge in [-0.15, -0.1) is 0 Å². The van der Waals surface area contributed by atoms with Gasteiger partial charge in [-0.3, -0.25) is 10.1 Å². The minimum absolute atomic E-state index is 0.0329. The first-order chi connectivity index (χ1) is 16.3. The normalized spacial score (nSPS) is 16.7. The molecule has 1 aliphatic rings. The number of alkyl halides is 6. The van der Waals surface area contributed by atoms with E-state index in [1.165, 1.54) is 6.07 Å². The molecule has 0 aliphatic heterocycles. The van der Waals surface area contributed by atoms with Gasteiger partial charge in [-0.05, 0) is 42.7 Å². The van der Waals surface area contributed by atoms with Gasteiger partial charge in [-0.25, -0.2) is 9.37 Å². The molecule has 1 unspecified atom stereocenters. The van der Waals surface area contributed by atoms with E-state index in [0.29, 0.717) is 12.8 Å². The molecule has 35 heavy (non-hydrogen) atoms.